The summed E-state index contributed by atoms with van der Waals surface area (Å²) < 4.78 is 0. The average Bonchev–Trinajstić information content (AvgIpc) is 2.35. The summed E-state index contributed by atoms with van der Waals surface area (Å²) in [4.78, 5) is 23.7. The lowest BCUT2D eigenvalue weighted by Crippen LogP contribution is -1.99. The fourth-order valence-electron chi connectivity index (χ4n) is 0.302. The fourth-order valence-corrected chi connectivity index (χ4v) is 0.302. The lowest BCUT2D eigenvalue weighted by atomic mass is 10.2. The SMILES string of the molecule is Br.Br.C=C(CC)C(=O)O.C=C(CC)C(=O)O.CN(C)C.CN(C)C. The monoisotopic (exact) mass is 478 g/mol. The summed E-state index contributed by atoms with van der Waals surface area (Å²) in [6.45, 7) is 10.1. The van der Waals surface area contributed by atoms with E-state index < -0.39 is 11.9 Å². The molecule has 0 heterocycles. The van der Waals surface area contributed by atoms with Crippen molar-refractivity contribution in [1.82, 2.24) is 9.80 Å². The summed E-state index contributed by atoms with van der Waals surface area (Å²) >= 11 is 0. The fraction of sp³-hybridized carbons (Fsp3) is 0.625. The predicted molar refractivity (Wildman–Crippen MR) is 114 cm³/mol. The number of rotatable bonds is 4. The van der Waals surface area contributed by atoms with Crippen molar-refractivity contribution in [2.45, 2.75) is 26.7 Å². The number of carboxylic acids is 2. The Hall–Kier alpha value is -0.700. The van der Waals surface area contributed by atoms with Crippen LogP contribution in [-0.4, -0.2) is 74.2 Å². The van der Waals surface area contributed by atoms with Crippen molar-refractivity contribution in [2.24, 2.45) is 0 Å². The van der Waals surface area contributed by atoms with Gasteiger partial charge in [0.2, 0.25) is 0 Å². The molecule has 0 saturated carbocycles. The average molecular weight is 480 g/mol. The standard InChI is InChI=1S/2C5H8O2.2C3H9N.2BrH/c2*1-3-4(2)5(6)7;2*1-4(2)3;;/h2*2-3H2,1H3,(H,6,7);2*1-3H3;2*1H. The summed E-state index contributed by atoms with van der Waals surface area (Å²) in [5.74, 6) is -1.80. The summed E-state index contributed by atoms with van der Waals surface area (Å²) in [6.07, 6.45) is 1.05. The summed E-state index contributed by atoms with van der Waals surface area (Å²) in [5, 5.41) is 16.2. The Labute approximate surface area is 168 Å². The second-order valence-electron chi connectivity index (χ2n) is 5.21. The maximum absolute atomic E-state index is 9.83. The van der Waals surface area contributed by atoms with Gasteiger partial charge in [0, 0.05) is 11.1 Å². The normalized spacial score (nSPS) is 7.75. The molecule has 0 radical (unpaired) electrons. The molecule has 6 nitrogen and oxygen atoms in total. The van der Waals surface area contributed by atoms with Gasteiger partial charge in [0.1, 0.15) is 0 Å². The molecule has 0 rings (SSSR count). The third kappa shape index (κ3) is 68.7. The van der Waals surface area contributed by atoms with Crippen molar-refractivity contribution in [3.05, 3.63) is 24.3 Å². The van der Waals surface area contributed by atoms with E-state index in [0.717, 1.165) is 0 Å². The minimum atomic E-state index is -0.900. The minimum Gasteiger partial charge on any atom is -0.478 e. The van der Waals surface area contributed by atoms with E-state index in [1.54, 1.807) is 13.8 Å². The van der Waals surface area contributed by atoms with Gasteiger partial charge in [-0.1, -0.05) is 27.0 Å². The van der Waals surface area contributed by atoms with Crippen molar-refractivity contribution in [1.29, 1.82) is 0 Å². The Kier molecular flexibility index (Phi) is 43.8. The molecular formula is C16H36Br2N2O4. The van der Waals surface area contributed by atoms with Crippen LogP contribution in [0.5, 0.6) is 0 Å². The van der Waals surface area contributed by atoms with Crippen LogP contribution in [0.4, 0.5) is 0 Å². The van der Waals surface area contributed by atoms with Crippen molar-refractivity contribution < 1.29 is 19.8 Å². The van der Waals surface area contributed by atoms with E-state index in [2.05, 4.69) is 13.2 Å². The molecule has 0 amide bonds. The van der Waals surface area contributed by atoms with E-state index in [0.29, 0.717) is 12.8 Å². The lowest BCUT2D eigenvalue weighted by Gasteiger charge is -1.90. The van der Waals surface area contributed by atoms with Crippen LogP contribution < -0.4 is 0 Å². The van der Waals surface area contributed by atoms with Crippen LogP contribution in [0.2, 0.25) is 0 Å². The van der Waals surface area contributed by atoms with Crippen molar-refractivity contribution in [2.75, 3.05) is 42.3 Å². The highest BCUT2D eigenvalue weighted by molar-refractivity contribution is 8.93. The molecule has 0 aromatic carbocycles. The van der Waals surface area contributed by atoms with Crippen LogP contribution in [0.15, 0.2) is 24.3 Å². The number of carboxylic acid groups (broad SMARTS) is 2. The van der Waals surface area contributed by atoms with Crippen molar-refractivity contribution >= 4 is 45.9 Å². The molecule has 148 valence electrons. The molecule has 0 aromatic heterocycles. The molecule has 0 unspecified atom stereocenters. The second-order valence-corrected chi connectivity index (χ2v) is 5.21. The maximum Gasteiger partial charge on any atom is 0.330 e. The van der Waals surface area contributed by atoms with E-state index in [9.17, 15) is 9.59 Å². The number of aliphatic carboxylic acids is 2. The number of halogens is 2. The summed E-state index contributed by atoms with van der Waals surface area (Å²) in [6, 6.07) is 0. The molecule has 0 aliphatic carbocycles. The van der Waals surface area contributed by atoms with Gasteiger partial charge in [-0.15, -0.1) is 34.0 Å². The number of hydrogen-bond acceptors (Lipinski definition) is 4. The lowest BCUT2D eigenvalue weighted by molar-refractivity contribution is -0.133. The first kappa shape index (κ1) is 38.7. The van der Waals surface area contributed by atoms with Crippen LogP contribution in [0, 0.1) is 0 Å². The van der Waals surface area contributed by atoms with E-state index in [1.165, 1.54) is 0 Å². The first-order valence-corrected chi connectivity index (χ1v) is 6.87. The van der Waals surface area contributed by atoms with Gasteiger partial charge in [0.15, 0.2) is 0 Å². The Morgan fingerprint density at radius 3 is 0.833 bits per heavy atom. The molecule has 0 fully saturated rings. The summed E-state index contributed by atoms with van der Waals surface area (Å²) in [7, 11) is 12.0. The number of hydrogen-bond donors (Lipinski definition) is 2. The van der Waals surface area contributed by atoms with E-state index in [1.807, 2.05) is 52.1 Å². The van der Waals surface area contributed by atoms with E-state index in [-0.39, 0.29) is 45.1 Å². The second kappa shape index (κ2) is 27.2. The Morgan fingerprint density at radius 1 is 0.708 bits per heavy atom. The van der Waals surface area contributed by atoms with Gasteiger partial charge in [-0.3, -0.25) is 0 Å². The third-order valence-electron chi connectivity index (χ3n) is 1.46. The van der Waals surface area contributed by atoms with E-state index >= 15 is 0 Å². The highest BCUT2D eigenvalue weighted by Crippen LogP contribution is 1.93. The molecule has 0 saturated heterocycles. The van der Waals surface area contributed by atoms with Crippen LogP contribution >= 0.6 is 34.0 Å². The molecule has 24 heavy (non-hydrogen) atoms. The van der Waals surface area contributed by atoms with Crippen LogP contribution in [0.3, 0.4) is 0 Å². The molecule has 0 spiro atoms. The summed E-state index contributed by atoms with van der Waals surface area (Å²) in [5.41, 5.74) is 0.528. The van der Waals surface area contributed by atoms with Gasteiger partial charge in [0.25, 0.3) is 0 Å². The Bertz CT molecular complexity index is 297. The van der Waals surface area contributed by atoms with Gasteiger partial charge in [-0.05, 0) is 55.1 Å². The van der Waals surface area contributed by atoms with Crippen molar-refractivity contribution in [3.8, 4) is 0 Å². The molecule has 0 aliphatic rings. The Morgan fingerprint density at radius 2 is 0.833 bits per heavy atom. The largest absolute Gasteiger partial charge is 0.478 e. The van der Waals surface area contributed by atoms with Crippen LogP contribution in [0.1, 0.15) is 26.7 Å². The molecular weight excluding hydrogens is 444 g/mol. The van der Waals surface area contributed by atoms with Gasteiger partial charge in [-0.2, -0.15) is 0 Å². The zero-order chi connectivity index (χ0) is 18.9. The topological polar surface area (TPSA) is 81.1 Å². The number of nitrogens with zero attached hydrogens (tertiary/aromatic N) is 2. The first-order chi connectivity index (χ1) is 9.83. The quantitative estimate of drug-likeness (QED) is 0.599. The third-order valence-corrected chi connectivity index (χ3v) is 1.46. The van der Waals surface area contributed by atoms with Gasteiger partial charge in [0.05, 0.1) is 0 Å². The highest BCUT2D eigenvalue weighted by Gasteiger charge is 1.97. The van der Waals surface area contributed by atoms with Crippen LogP contribution in [0.25, 0.3) is 0 Å². The van der Waals surface area contributed by atoms with Crippen LogP contribution in [-0.2, 0) is 9.59 Å². The molecule has 8 heteroatoms. The van der Waals surface area contributed by atoms with E-state index in [4.69, 9.17) is 10.2 Å². The maximum atomic E-state index is 9.83. The molecule has 0 atom stereocenters. The molecule has 0 bridgehead atoms. The molecule has 0 aromatic rings. The zero-order valence-corrected chi connectivity index (χ0v) is 19.7. The predicted octanol–water partition coefficient (Wildman–Crippen LogP) is 3.59. The minimum absolute atomic E-state index is 0. The molecule has 0 aliphatic heterocycles. The highest BCUT2D eigenvalue weighted by atomic mass is 79.9. The Balaban J connectivity index is -0.0000000453. The van der Waals surface area contributed by atoms with Crippen molar-refractivity contribution in [3.63, 3.8) is 0 Å². The van der Waals surface area contributed by atoms with Gasteiger partial charge in [-0.25, -0.2) is 9.59 Å². The number of carbonyl (C=O) groups is 2. The van der Waals surface area contributed by atoms with Gasteiger partial charge < -0.3 is 20.0 Å². The smallest absolute Gasteiger partial charge is 0.330 e. The first-order valence-electron chi connectivity index (χ1n) is 6.87. The molecule has 2 N–H and O–H groups in total. The van der Waals surface area contributed by atoms with Gasteiger partial charge >= 0.3 is 11.9 Å². The zero-order valence-electron chi connectivity index (χ0n) is 16.3.